The average Bonchev–Trinajstić information content (AvgIpc) is 3.55. The third kappa shape index (κ3) is 6.78. The van der Waals surface area contributed by atoms with Crippen LogP contribution in [0, 0.1) is 11.8 Å². The van der Waals surface area contributed by atoms with Gasteiger partial charge in [0.15, 0.2) is 0 Å². The minimum atomic E-state index is -0.654. The van der Waals surface area contributed by atoms with E-state index in [9.17, 15) is 9.90 Å². The van der Waals surface area contributed by atoms with Crippen molar-refractivity contribution in [2.45, 2.75) is 82.7 Å². The molecule has 2 aromatic carbocycles. The highest BCUT2D eigenvalue weighted by atomic mass is 16.4. The Kier molecular flexibility index (Phi) is 9.04. The number of aryl methyl sites for hydroxylation is 1. The molecule has 0 amide bonds. The molecule has 0 bridgehead atoms. The maximum absolute atomic E-state index is 11.5. The van der Waals surface area contributed by atoms with E-state index in [0.717, 1.165) is 76.1 Å². The van der Waals surface area contributed by atoms with Crippen molar-refractivity contribution in [1.82, 2.24) is 14.9 Å². The van der Waals surface area contributed by atoms with E-state index in [2.05, 4.69) is 83.1 Å². The van der Waals surface area contributed by atoms with E-state index in [1.165, 1.54) is 29.5 Å². The molecular formula is C35H45N5O2. The molecule has 3 atom stereocenters. The average molecular weight is 568 g/mol. The molecule has 222 valence electrons. The molecule has 0 radical (unpaired) electrons. The van der Waals surface area contributed by atoms with Gasteiger partial charge in [-0.2, -0.15) is 4.98 Å². The Morgan fingerprint density at radius 3 is 2.31 bits per heavy atom. The van der Waals surface area contributed by atoms with Gasteiger partial charge in [-0.15, -0.1) is 0 Å². The van der Waals surface area contributed by atoms with Crippen LogP contribution in [0.1, 0.15) is 86.2 Å². The highest BCUT2D eigenvalue weighted by Gasteiger charge is 2.31. The van der Waals surface area contributed by atoms with Crippen LogP contribution in [0.3, 0.4) is 0 Å². The van der Waals surface area contributed by atoms with E-state index in [4.69, 9.17) is 9.97 Å². The Morgan fingerprint density at radius 1 is 0.929 bits per heavy atom. The second kappa shape index (κ2) is 13.2. The van der Waals surface area contributed by atoms with Crippen molar-refractivity contribution >= 4 is 17.7 Å². The number of aromatic nitrogens is 2. The largest absolute Gasteiger partial charge is 0.481 e. The summed E-state index contributed by atoms with van der Waals surface area (Å²) in [5.41, 5.74) is 5.07. The Morgan fingerprint density at radius 2 is 1.62 bits per heavy atom. The Bertz CT molecular complexity index is 1320. The number of carboxylic acids is 1. The van der Waals surface area contributed by atoms with Gasteiger partial charge in [-0.25, -0.2) is 4.98 Å². The molecule has 2 aliphatic carbocycles. The third-order valence-electron chi connectivity index (χ3n) is 9.88. The summed E-state index contributed by atoms with van der Waals surface area (Å²) in [5, 5.41) is 17.0. The number of hydrogen-bond acceptors (Lipinski definition) is 6. The maximum Gasteiger partial charge on any atom is 0.306 e. The number of likely N-dealkylation sites (tertiary alicyclic amines) is 1. The summed E-state index contributed by atoms with van der Waals surface area (Å²) in [6, 6.07) is 22.0. The van der Waals surface area contributed by atoms with Crippen molar-refractivity contribution in [3.8, 4) is 0 Å². The van der Waals surface area contributed by atoms with Crippen LogP contribution in [0.4, 0.5) is 11.8 Å². The molecule has 2 heterocycles. The second-order valence-electron chi connectivity index (χ2n) is 12.7. The van der Waals surface area contributed by atoms with Crippen LogP contribution in [0.25, 0.3) is 0 Å². The summed E-state index contributed by atoms with van der Waals surface area (Å²) in [4.78, 5) is 24.3. The zero-order chi connectivity index (χ0) is 28.9. The number of fused-ring (bicyclic) bond motifs is 1. The van der Waals surface area contributed by atoms with Gasteiger partial charge < -0.3 is 20.6 Å². The molecule has 6 rings (SSSR count). The maximum atomic E-state index is 11.5. The molecule has 2 fully saturated rings. The Balaban J connectivity index is 1.28. The molecule has 1 unspecified atom stereocenters. The predicted molar refractivity (Wildman–Crippen MR) is 168 cm³/mol. The summed E-state index contributed by atoms with van der Waals surface area (Å²) in [6.07, 6.45) is 8.82. The lowest BCUT2D eigenvalue weighted by Gasteiger charge is -2.32. The van der Waals surface area contributed by atoms with E-state index < -0.39 is 5.97 Å². The molecule has 7 heteroatoms. The van der Waals surface area contributed by atoms with Crippen molar-refractivity contribution in [3.63, 3.8) is 0 Å². The van der Waals surface area contributed by atoms with E-state index in [-0.39, 0.29) is 18.0 Å². The third-order valence-corrected chi connectivity index (χ3v) is 9.88. The first-order valence-electron chi connectivity index (χ1n) is 16.0. The standard InChI is InChI=1S/C35H45N5O2/c1-24(25-14-16-28(17-15-25)34(41)42)36-35-38-31-19-18-29(26-10-4-2-5-11-26)22-30(31)33(39-35)37-32(23-40-20-8-9-21-40)27-12-6-3-7-13-27/h2-7,10-13,24-25,28-29,32H,8-9,14-23H2,1H3,(H,41,42)(H2,36,37,38,39)/t24-,25?,28?,29?,32+/m0/s1. The van der Waals surface area contributed by atoms with E-state index in [1.807, 2.05) is 0 Å². The van der Waals surface area contributed by atoms with Crippen molar-refractivity contribution in [2.24, 2.45) is 11.8 Å². The van der Waals surface area contributed by atoms with Crippen molar-refractivity contribution < 1.29 is 9.90 Å². The van der Waals surface area contributed by atoms with Gasteiger partial charge in [0.05, 0.1) is 17.7 Å². The van der Waals surface area contributed by atoms with Gasteiger partial charge >= 0.3 is 5.97 Å². The SMILES string of the molecule is C[C@H](Nc1nc2c(c(N[C@H](CN3CCCC3)c3ccccc3)n1)CC(c1ccccc1)CC2)C1CCC(C(=O)O)CC1. The fourth-order valence-corrected chi connectivity index (χ4v) is 7.30. The van der Waals surface area contributed by atoms with Crippen LogP contribution >= 0.6 is 0 Å². The number of nitrogens with one attached hydrogen (secondary N) is 2. The first kappa shape index (κ1) is 28.7. The highest BCUT2D eigenvalue weighted by Crippen LogP contribution is 2.37. The number of aliphatic carboxylic acids is 1. The van der Waals surface area contributed by atoms with Gasteiger partial charge in [0, 0.05) is 18.2 Å². The molecule has 1 aromatic heterocycles. The smallest absolute Gasteiger partial charge is 0.306 e. The van der Waals surface area contributed by atoms with E-state index in [1.54, 1.807) is 0 Å². The second-order valence-corrected chi connectivity index (χ2v) is 12.7. The van der Waals surface area contributed by atoms with Gasteiger partial charge in [-0.3, -0.25) is 4.79 Å². The fourth-order valence-electron chi connectivity index (χ4n) is 7.30. The quantitative estimate of drug-likeness (QED) is 0.251. The molecule has 1 aliphatic heterocycles. The van der Waals surface area contributed by atoms with Crippen molar-refractivity contribution in [3.05, 3.63) is 83.0 Å². The molecule has 3 aromatic rings. The van der Waals surface area contributed by atoms with Crippen molar-refractivity contribution in [1.29, 1.82) is 0 Å². The fraction of sp³-hybridized carbons (Fsp3) is 0.514. The zero-order valence-electron chi connectivity index (χ0n) is 24.8. The van der Waals surface area contributed by atoms with Gasteiger partial charge in [0.1, 0.15) is 5.82 Å². The number of anilines is 2. The molecule has 3 N–H and O–H groups in total. The minimum absolute atomic E-state index is 0.136. The summed E-state index contributed by atoms with van der Waals surface area (Å²) >= 11 is 0. The molecule has 42 heavy (non-hydrogen) atoms. The summed E-state index contributed by atoms with van der Waals surface area (Å²) in [7, 11) is 0. The first-order valence-corrected chi connectivity index (χ1v) is 16.0. The van der Waals surface area contributed by atoms with Gasteiger partial charge in [-0.1, -0.05) is 60.7 Å². The molecule has 1 saturated heterocycles. The Hall–Kier alpha value is -3.45. The van der Waals surface area contributed by atoms with Crippen molar-refractivity contribution in [2.75, 3.05) is 30.3 Å². The van der Waals surface area contributed by atoms with Gasteiger partial charge in [0.25, 0.3) is 0 Å². The number of rotatable bonds is 10. The number of carboxylic acid groups (broad SMARTS) is 1. The number of hydrogen-bond donors (Lipinski definition) is 3. The lowest BCUT2D eigenvalue weighted by Crippen LogP contribution is -2.33. The molecular weight excluding hydrogens is 522 g/mol. The van der Waals surface area contributed by atoms with E-state index in [0.29, 0.717) is 17.8 Å². The van der Waals surface area contributed by atoms with Crippen LogP contribution in [-0.2, 0) is 17.6 Å². The minimum Gasteiger partial charge on any atom is -0.481 e. The number of nitrogens with zero attached hydrogens (tertiary/aromatic N) is 3. The van der Waals surface area contributed by atoms with Gasteiger partial charge in [-0.05, 0) is 101 Å². The van der Waals surface area contributed by atoms with E-state index >= 15 is 0 Å². The molecule has 0 spiro atoms. The monoisotopic (exact) mass is 567 g/mol. The molecule has 7 nitrogen and oxygen atoms in total. The lowest BCUT2D eigenvalue weighted by molar-refractivity contribution is -0.143. The Labute approximate surface area is 250 Å². The molecule has 1 saturated carbocycles. The zero-order valence-corrected chi connectivity index (χ0v) is 24.8. The summed E-state index contributed by atoms with van der Waals surface area (Å²) < 4.78 is 0. The predicted octanol–water partition coefficient (Wildman–Crippen LogP) is 6.69. The highest BCUT2D eigenvalue weighted by molar-refractivity contribution is 5.70. The normalized spacial score (nSPS) is 24.0. The number of benzene rings is 2. The number of carbonyl (C=O) groups is 1. The molecule has 3 aliphatic rings. The summed E-state index contributed by atoms with van der Waals surface area (Å²) in [5.74, 6) is 1.67. The van der Waals surface area contributed by atoms with Crippen LogP contribution in [0.2, 0.25) is 0 Å². The van der Waals surface area contributed by atoms with Crippen LogP contribution in [-0.4, -0.2) is 51.6 Å². The van der Waals surface area contributed by atoms with Crippen LogP contribution in [0.5, 0.6) is 0 Å². The topological polar surface area (TPSA) is 90.4 Å². The van der Waals surface area contributed by atoms with Crippen LogP contribution in [0.15, 0.2) is 60.7 Å². The summed E-state index contributed by atoms with van der Waals surface area (Å²) in [6.45, 7) is 5.46. The van der Waals surface area contributed by atoms with Gasteiger partial charge in [0.2, 0.25) is 5.95 Å². The van der Waals surface area contributed by atoms with Crippen LogP contribution < -0.4 is 10.6 Å². The first-order chi connectivity index (χ1) is 20.5. The lowest BCUT2D eigenvalue weighted by atomic mass is 9.79.